The minimum atomic E-state index is -1.13. The molecule has 4 rings (SSSR count). The number of para-hydroxylation sites is 1. The monoisotopic (exact) mass is 438 g/mol. The van der Waals surface area contributed by atoms with Crippen molar-refractivity contribution in [3.8, 4) is 0 Å². The molecule has 0 unspecified atom stereocenters. The first-order chi connectivity index (χ1) is 13.5. The topological polar surface area (TPSA) is 73.4 Å². The van der Waals surface area contributed by atoms with Gasteiger partial charge in [0.1, 0.15) is 5.69 Å². The van der Waals surface area contributed by atoms with E-state index in [1.807, 2.05) is 30.3 Å². The Balaban J connectivity index is 0.00000240. The Bertz CT molecular complexity index is 1130. The number of hydrogen-bond acceptors (Lipinski definition) is 2. The van der Waals surface area contributed by atoms with Gasteiger partial charge < -0.3 is 15.0 Å². The molecule has 1 aliphatic heterocycles. The zero-order valence-electron chi connectivity index (χ0n) is 14.7. The molecule has 0 radical (unpaired) electrons. The Labute approximate surface area is 199 Å². The first kappa shape index (κ1) is 21.9. The Hall–Kier alpha value is -1.76. The van der Waals surface area contributed by atoms with Gasteiger partial charge in [0.15, 0.2) is 0 Å². The molecule has 0 aliphatic carbocycles. The van der Waals surface area contributed by atoms with E-state index in [1.54, 1.807) is 23.1 Å². The molecular formula is C21H17Cl2N2NaO3. The molecule has 1 amide bonds. The summed E-state index contributed by atoms with van der Waals surface area (Å²) in [7, 11) is 0. The predicted molar refractivity (Wildman–Crippen MR) is 118 cm³/mol. The summed E-state index contributed by atoms with van der Waals surface area (Å²) in [6.45, 7) is 0.621. The summed E-state index contributed by atoms with van der Waals surface area (Å²) < 4.78 is 0. The number of aromatic nitrogens is 1. The number of rotatable bonds is 3. The van der Waals surface area contributed by atoms with Gasteiger partial charge in [0, 0.05) is 39.3 Å². The standard InChI is InChI=1S/C21H16Cl2N2O3.Na.H/c22-13-10-16(23)18-15(19(21(27)28)24-17(18)11-13)9-12-5-4-8-25(20(12)26)14-6-2-1-3-7-14;;/h1-3,6-7,9-11,24H,4-5,8H2,(H,27,28);;/b12-9+;;. The second-order valence-electron chi connectivity index (χ2n) is 6.59. The van der Waals surface area contributed by atoms with Crippen molar-refractivity contribution in [1.29, 1.82) is 0 Å². The van der Waals surface area contributed by atoms with Crippen LogP contribution in [0.4, 0.5) is 5.69 Å². The summed E-state index contributed by atoms with van der Waals surface area (Å²) in [4.78, 5) is 29.4. The second-order valence-corrected chi connectivity index (χ2v) is 7.44. The van der Waals surface area contributed by atoms with Crippen LogP contribution >= 0.6 is 23.2 Å². The van der Waals surface area contributed by atoms with E-state index in [0.29, 0.717) is 45.1 Å². The van der Waals surface area contributed by atoms with Crippen molar-refractivity contribution in [2.24, 2.45) is 0 Å². The maximum atomic E-state index is 13.1. The van der Waals surface area contributed by atoms with Crippen molar-refractivity contribution in [2.45, 2.75) is 12.8 Å². The van der Waals surface area contributed by atoms with Gasteiger partial charge in [-0.25, -0.2) is 4.79 Å². The van der Waals surface area contributed by atoms with Crippen molar-refractivity contribution < 1.29 is 14.7 Å². The number of nitrogens with zero attached hydrogens (tertiary/aromatic N) is 1. The molecule has 8 heteroatoms. The number of hydrogen-bond donors (Lipinski definition) is 2. The Morgan fingerprint density at radius 1 is 1.17 bits per heavy atom. The van der Waals surface area contributed by atoms with Crippen molar-refractivity contribution in [3.05, 3.63) is 69.3 Å². The van der Waals surface area contributed by atoms with Crippen LogP contribution in [0, 0.1) is 0 Å². The quantitative estimate of drug-likeness (QED) is 0.458. The first-order valence-electron chi connectivity index (χ1n) is 8.77. The first-order valence-corrected chi connectivity index (χ1v) is 9.53. The fraction of sp³-hybridized carbons (Fsp3) is 0.143. The number of nitrogens with one attached hydrogen (secondary N) is 1. The number of carboxylic acid groups (broad SMARTS) is 1. The van der Waals surface area contributed by atoms with Crippen LogP contribution < -0.4 is 4.90 Å². The van der Waals surface area contributed by atoms with E-state index >= 15 is 0 Å². The zero-order valence-corrected chi connectivity index (χ0v) is 16.2. The molecule has 2 N–H and O–H groups in total. The fourth-order valence-electron chi connectivity index (χ4n) is 3.56. The predicted octanol–water partition coefficient (Wildman–Crippen LogP) is 4.73. The number of benzene rings is 2. The molecule has 2 heterocycles. The molecule has 29 heavy (non-hydrogen) atoms. The average Bonchev–Trinajstić information content (AvgIpc) is 3.03. The number of anilines is 1. The van der Waals surface area contributed by atoms with Crippen LogP contribution in [0.2, 0.25) is 10.0 Å². The summed E-state index contributed by atoms with van der Waals surface area (Å²) in [6.07, 6.45) is 3.00. The molecule has 1 fully saturated rings. The molecule has 1 aliphatic rings. The summed E-state index contributed by atoms with van der Waals surface area (Å²) in [5, 5.41) is 10.9. The van der Waals surface area contributed by atoms with Gasteiger partial charge in [0.2, 0.25) is 0 Å². The third-order valence-corrected chi connectivity index (χ3v) is 5.32. The van der Waals surface area contributed by atoms with Gasteiger partial charge in [-0.15, -0.1) is 0 Å². The van der Waals surface area contributed by atoms with Crippen molar-refractivity contribution in [1.82, 2.24) is 4.98 Å². The number of aromatic carboxylic acids is 1. The van der Waals surface area contributed by atoms with E-state index < -0.39 is 5.97 Å². The molecule has 1 aromatic heterocycles. The third kappa shape index (κ3) is 4.25. The molecule has 5 nitrogen and oxygen atoms in total. The van der Waals surface area contributed by atoms with Crippen LogP contribution in [-0.2, 0) is 4.79 Å². The molecule has 1 saturated heterocycles. The van der Waals surface area contributed by atoms with Crippen LogP contribution in [0.5, 0.6) is 0 Å². The Morgan fingerprint density at radius 2 is 1.90 bits per heavy atom. The number of aromatic amines is 1. The summed E-state index contributed by atoms with van der Waals surface area (Å²) in [6, 6.07) is 12.6. The molecule has 0 saturated carbocycles. The maximum absolute atomic E-state index is 13.1. The van der Waals surface area contributed by atoms with Crippen molar-refractivity contribution in [2.75, 3.05) is 11.4 Å². The second kappa shape index (κ2) is 8.94. The Kier molecular flexibility index (Phi) is 6.76. The van der Waals surface area contributed by atoms with E-state index in [4.69, 9.17) is 23.2 Å². The van der Waals surface area contributed by atoms with Gasteiger partial charge in [-0.1, -0.05) is 41.4 Å². The molecule has 2 aromatic carbocycles. The van der Waals surface area contributed by atoms with Crippen molar-refractivity contribution in [3.63, 3.8) is 0 Å². The van der Waals surface area contributed by atoms with Crippen molar-refractivity contribution >= 4 is 87.3 Å². The minimum absolute atomic E-state index is 0. The summed E-state index contributed by atoms with van der Waals surface area (Å²) in [5.74, 6) is -1.26. The fourth-order valence-corrected chi connectivity index (χ4v) is 4.15. The van der Waals surface area contributed by atoms with Crippen LogP contribution in [0.3, 0.4) is 0 Å². The number of fused-ring (bicyclic) bond motifs is 1. The number of halogens is 2. The van der Waals surface area contributed by atoms with E-state index in [9.17, 15) is 14.7 Å². The van der Waals surface area contributed by atoms with E-state index in [0.717, 1.165) is 12.1 Å². The molecule has 3 aromatic rings. The number of carbonyl (C=O) groups excluding carboxylic acids is 1. The normalized spacial score (nSPS) is 15.6. The van der Waals surface area contributed by atoms with Crippen LogP contribution in [0.15, 0.2) is 48.0 Å². The number of carboxylic acids is 1. The van der Waals surface area contributed by atoms with E-state index in [2.05, 4.69) is 4.98 Å². The van der Waals surface area contributed by atoms with Crippen LogP contribution in [-0.4, -0.2) is 58.1 Å². The van der Waals surface area contributed by atoms with Gasteiger partial charge in [-0.05, 0) is 43.2 Å². The number of amides is 1. The molecular weight excluding hydrogens is 422 g/mol. The summed E-state index contributed by atoms with van der Waals surface area (Å²) in [5.41, 5.74) is 2.26. The molecule has 0 atom stereocenters. The van der Waals surface area contributed by atoms with Gasteiger partial charge in [-0.3, -0.25) is 4.79 Å². The van der Waals surface area contributed by atoms with Gasteiger partial charge in [0.25, 0.3) is 5.91 Å². The van der Waals surface area contributed by atoms with Crippen LogP contribution in [0.1, 0.15) is 28.9 Å². The molecule has 144 valence electrons. The van der Waals surface area contributed by atoms with Gasteiger partial charge >= 0.3 is 35.5 Å². The summed E-state index contributed by atoms with van der Waals surface area (Å²) >= 11 is 12.4. The third-order valence-electron chi connectivity index (χ3n) is 4.80. The Morgan fingerprint density at radius 3 is 2.59 bits per heavy atom. The number of H-pyrrole nitrogens is 1. The van der Waals surface area contributed by atoms with Gasteiger partial charge in [0.05, 0.1) is 5.02 Å². The number of piperidine rings is 1. The SMILES string of the molecule is O=C(O)c1[nH]c2cc(Cl)cc(Cl)c2c1/C=C1\CCCN(c2ccccc2)C1=O.[NaH]. The van der Waals surface area contributed by atoms with Gasteiger partial charge in [-0.2, -0.15) is 0 Å². The average molecular weight is 439 g/mol. The zero-order chi connectivity index (χ0) is 19.8. The molecule has 0 bridgehead atoms. The van der Waals surface area contributed by atoms with E-state index in [1.165, 1.54) is 0 Å². The number of carbonyl (C=O) groups is 2. The van der Waals surface area contributed by atoms with Crippen LogP contribution in [0.25, 0.3) is 17.0 Å². The van der Waals surface area contributed by atoms with E-state index in [-0.39, 0.29) is 41.2 Å². The molecule has 0 spiro atoms.